The number of rotatable bonds is 4. The molecule has 0 bridgehead atoms. The first kappa shape index (κ1) is 12.2. The van der Waals surface area contributed by atoms with Gasteiger partial charge in [-0.3, -0.25) is 0 Å². The van der Waals surface area contributed by atoms with Crippen molar-refractivity contribution in [1.82, 2.24) is 9.78 Å². The Kier molecular flexibility index (Phi) is 3.32. The Hall–Kier alpha value is -2.30. The van der Waals surface area contributed by atoms with Crippen LogP contribution in [0.25, 0.3) is 0 Å². The lowest BCUT2D eigenvalue weighted by Crippen LogP contribution is -2.23. The van der Waals surface area contributed by atoms with Crippen LogP contribution < -0.4 is 9.84 Å². The second kappa shape index (κ2) is 4.91. The Labute approximate surface area is 105 Å². The molecule has 94 valence electrons. The van der Waals surface area contributed by atoms with Gasteiger partial charge in [-0.05, 0) is 43.2 Å². The van der Waals surface area contributed by atoms with Crippen LogP contribution in [0.15, 0.2) is 30.5 Å². The summed E-state index contributed by atoms with van der Waals surface area (Å²) in [6.07, 6.45) is 1.54. The number of carboxylic acid groups (broad SMARTS) is 1. The van der Waals surface area contributed by atoms with E-state index in [1.807, 2.05) is 26.0 Å². The monoisotopic (exact) mass is 245 g/mol. The molecule has 0 atom stereocenters. The SMILES string of the molecule is Cc1cc(C)cc(OCn2ccc(C(=O)[O-])n2)c1. The van der Waals surface area contributed by atoms with Crippen molar-refractivity contribution in [2.24, 2.45) is 0 Å². The van der Waals surface area contributed by atoms with Crippen LogP contribution in [-0.2, 0) is 6.73 Å². The van der Waals surface area contributed by atoms with Crippen LogP contribution in [0.5, 0.6) is 5.75 Å². The third-order valence-electron chi connectivity index (χ3n) is 2.41. The summed E-state index contributed by atoms with van der Waals surface area (Å²) in [5.41, 5.74) is 2.13. The van der Waals surface area contributed by atoms with Gasteiger partial charge in [-0.15, -0.1) is 0 Å². The van der Waals surface area contributed by atoms with Gasteiger partial charge in [-0.25, -0.2) is 4.68 Å². The minimum atomic E-state index is -1.29. The topological polar surface area (TPSA) is 67.2 Å². The van der Waals surface area contributed by atoms with Gasteiger partial charge in [-0.2, -0.15) is 5.10 Å². The van der Waals surface area contributed by atoms with E-state index in [1.54, 1.807) is 0 Å². The van der Waals surface area contributed by atoms with Crippen molar-refractivity contribution in [2.75, 3.05) is 0 Å². The van der Waals surface area contributed by atoms with Crippen LogP contribution >= 0.6 is 0 Å². The Morgan fingerprint density at radius 1 is 1.33 bits per heavy atom. The van der Waals surface area contributed by atoms with Gasteiger partial charge in [0.2, 0.25) is 0 Å². The summed E-state index contributed by atoms with van der Waals surface area (Å²) in [5, 5.41) is 14.3. The number of hydrogen-bond acceptors (Lipinski definition) is 4. The van der Waals surface area contributed by atoms with Crippen LogP contribution in [-0.4, -0.2) is 15.7 Å². The maximum atomic E-state index is 10.6. The van der Waals surface area contributed by atoms with E-state index in [4.69, 9.17) is 4.74 Å². The molecule has 0 spiro atoms. The minimum Gasteiger partial charge on any atom is -0.543 e. The van der Waals surface area contributed by atoms with Gasteiger partial charge in [-0.1, -0.05) is 6.07 Å². The molecule has 0 unspecified atom stereocenters. The van der Waals surface area contributed by atoms with E-state index in [2.05, 4.69) is 11.2 Å². The average molecular weight is 245 g/mol. The third kappa shape index (κ3) is 2.88. The number of carboxylic acids is 1. The zero-order valence-corrected chi connectivity index (χ0v) is 10.2. The first-order valence-corrected chi connectivity index (χ1v) is 5.50. The van der Waals surface area contributed by atoms with Crippen molar-refractivity contribution < 1.29 is 14.6 Å². The smallest absolute Gasteiger partial charge is 0.180 e. The highest BCUT2D eigenvalue weighted by molar-refractivity contribution is 5.83. The summed E-state index contributed by atoms with van der Waals surface area (Å²) in [7, 11) is 0. The number of aromatic carboxylic acids is 1. The van der Waals surface area contributed by atoms with Crippen molar-refractivity contribution >= 4 is 5.97 Å². The molecule has 1 heterocycles. The maximum Gasteiger partial charge on any atom is 0.180 e. The fourth-order valence-electron chi connectivity index (χ4n) is 1.70. The predicted octanol–water partition coefficient (Wildman–Crippen LogP) is 0.900. The fourth-order valence-corrected chi connectivity index (χ4v) is 1.70. The van der Waals surface area contributed by atoms with Gasteiger partial charge >= 0.3 is 0 Å². The molecule has 0 fully saturated rings. The van der Waals surface area contributed by atoms with Crippen LogP contribution in [0.1, 0.15) is 21.6 Å². The van der Waals surface area contributed by atoms with Gasteiger partial charge in [0.1, 0.15) is 11.4 Å². The van der Waals surface area contributed by atoms with Crippen molar-refractivity contribution in [1.29, 1.82) is 0 Å². The second-order valence-electron chi connectivity index (χ2n) is 4.12. The zero-order chi connectivity index (χ0) is 13.1. The molecule has 1 aromatic heterocycles. The summed E-state index contributed by atoms with van der Waals surface area (Å²) in [6.45, 7) is 4.14. The van der Waals surface area contributed by atoms with Crippen molar-refractivity contribution in [3.05, 3.63) is 47.3 Å². The van der Waals surface area contributed by atoms with Crippen molar-refractivity contribution in [3.8, 4) is 5.75 Å². The number of aromatic nitrogens is 2. The number of ether oxygens (including phenoxy) is 1. The molecule has 2 rings (SSSR count). The Balaban J connectivity index is 2.04. The molecule has 1 aromatic carbocycles. The first-order valence-electron chi connectivity index (χ1n) is 5.50. The highest BCUT2D eigenvalue weighted by atomic mass is 16.5. The van der Waals surface area contributed by atoms with Crippen LogP contribution in [0.2, 0.25) is 0 Å². The molecule has 5 heteroatoms. The zero-order valence-electron chi connectivity index (χ0n) is 10.2. The molecule has 0 saturated carbocycles. The summed E-state index contributed by atoms with van der Waals surface area (Å²) in [5.74, 6) is -0.557. The third-order valence-corrected chi connectivity index (χ3v) is 2.41. The van der Waals surface area contributed by atoms with E-state index in [-0.39, 0.29) is 12.4 Å². The molecule has 2 aromatic rings. The van der Waals surface area contributed by atoms with Gasteiger partial charge in [0.25, 0.3) is 0 Å². The van der Waals surface area contributed by atoms with Gasteiger partial charge in [0.05, 0.1) is 5.97 Å². The van der Waals surface area contributed by atoms with Gasteiger partial charge in [0, 0.05) is 6.20 Å². The number of aryl methyl sites for hydroxylation is 2. The molecular formula is C13H13N2O3-. The highest BCUT2D eigenvalue weighted by Gasteiger charge is 2.01. The lowest BCUT2D eigenvalue weighted by atomic mass is 10.1. The summed E-state index contributed by atoms with van der Waals surface area (Å²) >= 11 is 0. The predicted molar refractivity (Wildman–Crippen MR) is 63.1 cm³/mol. The molecule has 5 nitrogen and oxygen atoms in total. The average Bonchev–Trinajstić information content (AvgIpc) is 2.73. The summed E-state index contributed by atoms with van der Waals surface area (Å²) in [6, 6.07) is 7.25. The summed E-state index contributed by atoms with van der Waals surface area (Å²) in [4.78, 5) is 10.6. The molecule has 0 amide bonds. The molecule has 0 radical (unpaired) electrons. The van der Waals surface area contributed by atoms with Crippen molar-refractivity contribution in [2.45, 2.75) is 20.6 Å². The molecule has 0 saturated heterocycles. The number of hydrogen-bond donors (Lipinski definition) is 0. The van der Waals surface area contributed by atoms with Gasteiger partial charge in [0.15, 0.2) is 6.73 Å². The van der Waals surface area contributed by atoms with Crippen molar-refractivity contribution in [3.63, 3.8) is 0 Å². The maximum absolute atomic E-state index is 10.6. The highest BCUT2D eigenvalue weighted by Crippen LogP contribution is 2.16. The number of nitrogens with zero attached hydrogens (tertiary/aromatic N) is 2. The largest absolute Gasteiger partial charge is 0.543 e. The van der Waals surface area contributed by atoms with Gasteiger partial charge < -0.3 is 14.6 Å². The van der Waals surface area contributed by atoms with Crippen LogP contribution in [0.3, 0.4) is 0 Å². The van der Waals surface area contributed by atoms with Crippen LogP contribution in [0.4, 0.5) is 0 Å². The quantitative estimate of drug-likeness (QED) is 0.802. The number of benzene rings is 1. The molecular weight excluding hydrogens is 232 g/mol. The molecule has 0 N–H and O–H groups in total. The molecule has 18 heavy (non-hydrogen) atoms. The van der Waals surface area contributed by atoms with E-state index < -0.39 is 5.97 Å². The normalized spacial score (nSPS) is 10.3. The first-order chi connectivity index (χ1) is 8.54. The molecule has 0 aliphatic rings. The van der Waals surface area contributed by atoms with E-state index >= 15 is 0 Å². The number of carbonyl (C=O) groups excluding carboxylic acids is 1. The Bertz CT molecular complexity index is 555. The lowest BCUT2D eigenvalue weighted by molar-refractivity contribution is -0.255. The standard InChI is InChI=1S/C13H14N2O3/c1-9-5-10(2)7-11(6-9)18-8-15-4-3-12(14-15)13(16)17/h3-7H,8H2,1-2H3,(H,16,17)/p-1. The minimum absolute atomic E-state index is 0.0981. The van der Waals surface area contributed by atoms with E-state index in [0.717, 1.165) is 16.9 Å². The van der Waals surface area contributed by atoms with Crippen LogP contribution in [0, 0.1) is 13.8 Å². The fraction of sp³-hybridized carbons (Fsp3) is 0.231. The molecule has 0 aliphatic carbocycles. The lowest BCUT2D eigenvalue weighted by Gasteiger charge is -2.08. The Morgan fingerprint density at radius 2 is 2.00 bits per heavy atom. The van der Waals surface area contributed by atoms with E-state index in [0.29, 0.717) is 0 Å². The van der Waals surface area contributed by atoms with E-state index in [9.17, 15) is 9.90 Å². The second-order valence-corrected chi connectivity index (χ2v) is 4.12. The molecule has 0 aliphatic heterocycles. The number of carbonyl (C=O) groups is 1. The summed E-state index contributed by atoms with van der Waals surface area (Å²) < 4.78 is 6.94. The Morgan fingerprint density at radius 3 is 2.56 bits per heavy atom. The van der Waals surface area contributed by atoms with E-state index in [1.165, 1.54) is 16.9 Å².